The molecule has 0 spiro atoms. The van der Waals surface area contributed by atoms with E-state index < -0.39 is 0 Å². The number of nitrogens with zero attached hydrogens (tertiary/aromatic N) is 3. The van der Waals surface area contributed by atoms with Crippen LogP contribution >= 0.6 is 31.9 Å². The van der Waals surface area contributed by atoms with Gasteiger partial charge in [0.05, 0.1) is 24.2 Å². The van der Waals surface area contributed by atoms with Gasteiger partial charge >= 0.3 is 0 Å². The van der Waals surface area contributed by atoms with Crippen LogP contribution in [0.15, 0.2) is 28.9 Å². The molecule has 2 aromatic rings. The molecule has 0 aliphatic heterocycles. The molecule has 1 aromatic heterocycles. The normalized spacial score (nSPS) is 12.4. The third-order valence-electron chi connectivity index (χ3n) is 2.82. The molecule has 4 nitrogen and oxygen atoms in total. The highest BCUT2D eigenvalue weighted by Crippen LogP contribution is 2.25. The van der Waals surface area contributed by atoms with Crippen molar-refractivity contribution in [3.63, 3.8) is 0 Å². The molecule has 1 unspecified atom stereocenters. The Kier molecular flexibility index (Phi) is 4.99. The van der Waals surface area contributed by atoms with Gasteiger partial charge < -0.3 is 4.74 Å². The topological polar surface area (TPSA) is 39.9 Å². The maximum atomic E-state index is 5.23. The molecule has 0 saturated heterocycles. The molecule has 19 heavy (non-hydrogen) atoms. The Hall–Kier alpha value is -0.880. The van der Waals surface area contributed by atoms with Crippen LogP contribution in [0, 0.1) is 0 Å². The second kappa shape index (κ2) is 6.52. The Labute approximate surface area is 129 Å². The van der Waals surface area contributed by atoms with Gasteiger partial charge in [-0.25, -0.2) is 4.68 Å². The van der Waals surface area contributed by atoms with Crippen molar-refractivity contribution < 1.29 is 4.74 Å². The second-order valence-corrected chi connectivity index (χ2v) is 6.13. The number of hydrogen-bond acceptors (Lipinski definition) is 3. The lowest BCUT2D eigenvalue weighted by Crippen LogP contribution is -2.01. The molecule has 0 bridgehead atoms. The lowest BCUT2D eigenvalue weighted by atomic mass is 10.2. The van der Waals surface area contributed by atoms with E-state index in [0.29, 0.717) is 6.54 Å². The fourth-order valence-corrected chi connectivity index (χ4v) is 2.30. The van der Waals surface area contributed by atoms with E-state index in [0.717, 1.165) is 27.9 Å². The first-order valence-corrected chi connectivity index (χ1v) is 7.71. The lowest BCUT2D eigenvalue weighted by molar-refractivity contribution is 0.414. The number of alkyl halides is 1. The molecule has 1 heterocycles. The van der Waals surface area contributed by atoms with Crippen LogP contribution in [0.5, 0.6) is 5.75 Å². The number of benzene rings is 1. The van der Waals surface area contributed by atoms with Crippen molar-refractivity contribution in [2.45, 2.75) is 24.7 Å². The zero-order chi connectivity index (χ0) is 13.8. The van der Waals surface area contributed by atoms with E-state index in [2.05, 4.69) is 49.1 Å². The Morgan fingerprint density at radius 1 is 1.42 bits per heavy atom. The summed E-state index contributed by atoms with van der Waals surface area (Å²) in [4.78, 5) is 0.259. The molecular formula is C13H15Br2N3O. The Bertz CT molecular complexity index is 557. The quantitative estimate of drug-likeness (QED) is 0.728. The summed E-state index contributed by atoms with van der Waals surface area (Å²) in [7, 11) is 1.66. The molecule has 0 saturated carbocycles. The van der Waals surface area contributed by atoms with Crippen molar-refractivity contribution in [3.05, 3.63) is 40.1 Å². The van der Waals surface area contributed by atoms with Gasteiger partial charge in [-0.3, -0.25) is 0 Å². The van der Waals surface area contributed by atoms with Crippen LogP contribution in [-0.4, -0.2) is 22.1 Å². The minimum atomic E-state index is 0.259. The average molecular weight is 389 g/mol. The van der Waals surface area contributed by atoms with Crippen molar-refractivity contribution in [1.82, 2.24) is 15.0 Å². The van der Waals surface area contributed by atoms with Crippen molar-refractivity contribution in [2.75, 3.05) is 7.11 Å². The highest BCUT2D eigenvalue weighted by molar-refractivity contribution is 9.10. The van der Waals surface area contributed by atoms with E-state index in [9.17, 15) is 0 Å². The minimum absolute atomic E-state index is 0.259. The van der Waals surface area contributed by atoms with E-state index in [-0.39, 0.29) is 4.83 Å². The number of aromatic nitrogens is 3. The molecule has 0 fully saturated rings. The van der Waals surface area contributed by atoms with Crippen LogP contribution in [0.3, 0.4) is 0 Å². The van der Waals surface area contributed by atoms with Gasteiger partial charge in [-0.1, -0.05) is 44.0 Å². The van der Waals surface area contributed by atoms with Gasteiger partial charge in [0, 0.05) is 10.7 Å². The first-order chi connectivity index (χ1) is 9.13. The minimum Gasteiger partial charge on any atom is -0.497 e. The highest BCUT2D eigenvalue weighted by Gasteiger charge is 2.10. The van der Waals surface area contributed by atoms with Crippen LogP contribution < -0.4 is 4.74 Å². The van der Waals surface area contributed by atoms with Crippen LogP contribution in [0.25, 0.3) is 0 Å². The molecule has 1 aromatic carbocycles. The summed E-state index contributed by atoms with van der Waals surface area (Å²) < 4.78 is 8.11. The van der Waals surface area contributed by atoms with E-state index in [1.807, 2.05) is 29.1 Å². The number of ether oxygens (including phenoxy) is 1. The summed E-state index contributed by atoms with van der Waals surface area (Å²) in [6, 6.07) is 5.90. The first kappa shape index (κ1) is 14.5. The van der Waals surface area contributed by atoms with E-state index in [1.165, 1.54) is 0 Å². The van der Waals surface area contributed by atoms with Gasteiger partial charge in [0.1, 0.15) is 5.75 Å². The van der Waals surface area contributed by atoms with Gasteiger partial charge in [0.25, 0.3) is 0 Å². The molecular weight excluding hydrogens is 374 g/mol. The molecule has 1 atom stereocenters. The predicted molar refractivity (Wildman–Crippen MR) is 81.8 cm³/mol. The summed E-state index contributed by atoms with van der Waals surface area (Å²) in [6.45, 7) is 2.77. The third kappa shape index (κ3) is 3.57. The van der Waals surface area contributed by atoms with E-state index >= 15 is 0 Å². The largest absolute Gasteiger partial charge is 0.497 e. The van der Waals surface area contributed by atoms with Crippen LogP contribution in [0.4, 0.5) is 0 Å². The zero-order valence-electron chi connectivity index (χ0n) is 10.8. The smallest absolute Gasteiger partial charge is 0.119 e. The van der Waals surface area contributed by atoms with Crippen molar-refractivity contribution in [3.8, 4) is 5.75 Å². The van der Waals surface area contributed by atoms with Crippen LogP contribution in [0.2, 0.25) is 0 Å². The SMILES string of the molecule is CCC(Br)c1cn(Cc2cc(OC)ccc2Br)nn1. The second-order valence-electron chi connectivity index (χ2n) is 4.17. The van der Waals surface area contributed by atoms with Gasteiger partial charge in [0.2, 0.25) is 0 Å². The summed E-state index contributed by atoms with van der Waals surface area (Å²) in [5.74, 6) is 0.838. The number of rotatable bonds is 5. The molecule has 0 amide bonds. The van der Waals surface area contributed by atoms with E-state index in [1.54, 1.807) is 7.11 Å². The zero-order valence-corrected chi connectivity index (χ0v) is 14.0. The number of halogens is 2. The van der Waals surface area contributed by atoms with Gasteiger partial charge in [-0.05, 0) is 30.2 Å². The lowest BCUT2D eigenvalue weighted by Gasteiger charge is -2.07. The summed E-state index contributed by atoms with van der Waals surface area (Å²) >= 11 is 7.12. The number of hydrogen-bond donors (Lipinski definition) is 0. The Balaban J connectivity index is 2.19. The highest BCUT2D eigenvalue weighted by atomic mass is 79.9. The standard InChI is InChI=1S/C13H15Br2N3O/c1-3-11(14)13-8-18(17-16-13)7-9-6-10(19-2)4-5-12(9)15/h4-6,8,11H,3,7H2,1-2H3. The summed E-state index contributed by atoms with van der Waals surface area (Å²) in [6.07, 6.45) is 2.95. The van der Waals surface area contributed by atoms with Crippen molar-refractivity contribution in [2.24, 2.45) is 0 Å². The molecule has 0 N–H and O–H groups in total. The number of methoxy groups -OCH3 is 1. The monoisotopic (exact) mass is 387 g/mol. The van der Waals surface area contributed by atoms with E-state index in [4.69, 9.17) is 4.74 Å². The summed E-state index contributed by atoms with van der Waals surface area (Å²) in [5.41, 5.74) is 2.07. The molecule has 102 valence electrons. The maximum absolute atomic E-state index is 5.23. The molecule has 6 heteroatoms. The third-order valence-corrected chi connectivity index (χ3v) is 4.71. The predicted octanol–water partition coefficient (Wildman–Crippen LogP) is 3.94. The molecule has 0 aliphatic rings. The first-order valence-electron chi connectivity index (χ1n) is 6.00. The molecule has 0 radical (unpaired) electrons. The fourth-order valence-electron chi connectivity index (χ4n) is 1.72. The fraction of sp³-hybridized carbons (Fsp3) is 0.385. The van der Waals surface area contributed by atoms with Crippen LogP contribution in [0.1, 0.15) is 29.4 Å². The summed E-state index contributed by atoms with van der Waals surface area (Å²) in [5, 5.41) is 8.33. The van der Waals surface area contributed by atoms with Crippen LogP contribution in [-0.2, 0) is 6.54 Å². The van der Waals surface area contributed by atoms with Gasteiger partial charge in [-0.2, -0.15) is 0 Å². The van der Waals surface area contributed by atoms with Crippen molar-refractivity contribution in [1.29, 1.82) is 0 Å². The maximum Gasteiger partial charge on any atom is 0.119 e. The van der Waals surface area contributed by atoms with Crippen molar-refractivity contribution >= 4 is 31.9 Å². The molecule has 0 aliphatic carbocycles. The van der Waals surface area contributed by atoms with Gasteiger partial charge in [-0.15, -0.1) is 5.10 Å². The molecule has 2 rings (SSSR count). The average Bonchev–Trinajstić information content (AvgIpc) is 2.89. The van der Waals surface area contributed by atoms with Gasteiger partial charge in [0.15, 0.2) is 0 Å². The Morgan fingerprint density at radius 2 is 2.21 bits per heavy atom. The Morgan fingerprint density at radius 3 is 2.89 bits per heavy atom.